The molecule has 0 aliphatic carbocycles. The maximum atomic E-state index is 14.0. The molecule has 1 heterocycles. The zero-order valence-electron chi connectivity index (χ0n) is 17.8. The molecule has 0 saturated carbocycles. The first kappa shape index (κ1) is 23.3. The van der Waals surface area contributed by atoms with Crippen LogP contribution in [0.1, 0.15) is 27.5 Å². The SMILES string of the molecule is O=C1N[C@H](c2ccc(OCc3ccccc3)cc2)[C@@H](C(=O)c2ccccc2)[C@](O)(C(F)(F)F)N1. The Morgan fingerprint density at radius 2 is 1.53 bits per heavy atom. The summed E-state index contributed by atoms with van der Waals surface area (Å²) in [5, 5.41) is 14.5. The molecule has 1 saturated heterocycles. The quantitative estimate of drug-likeness (QED) is 0.467. The van der Waals surface area contributed by atoms with Gasteiger partial charge in [0, 0.05) is 5.56 Å². The third kappa shape index (κ3) is 4.60. The highest BCUT2D eigenvalue weighted by Crippen LogP contribution is 2.44. The number of alkyl halides is 3. The van der Waals surface area contributed by atoms with Gasteiger partial charge in [-0.15, -0.1) is 0 Å². The number of carbonyl (C=O) groups excluding carboxylic acids is 2. The number of amides is 2. The largest absolute Gasteiger partial charge is 0.489 e. The zero-order valence-corrected chi connectivity index (χ0v) is 17.8. The molecule has 1 fully saturated rings. The van der Waals surface area contributed by atoms with Gasteiger partial charge in [0.2, 0.25) is 5.72 Å². The van der Waals surface area contributed by atoms with E-state index < -0.39 is 35.7 Å². The molecular formula is C25H21F3N2O4. The summed E-state index contributed by atoms with van der Waals surface area (Å²) in [6.07, 6.45) is -5.31. The minimum Gasteiger partial charge on any atom is -0.489 e. The maximum Gasteiger partial charge on any atom is 0.437 e. The van der Waals surface area contributed by atoms with E-state index in [1.54, 1.807) is 6.07 Å². The van der Waals surface area contributed by atoms with Crippen LogP contribution in [0.25, 0.3) is 0 Å². The van der Waals surface area contributed by atoms with Crippen LogP contribution in [0.4, 0.5) is 18.0 Å². The number of Topliss-reactive ketones (excluding diaryl/α,β-unsaturated/α-hetero) is 1. The number of ether oxygens (including phenoxy) is 1. The number of rotatable bonds is 6. The van der Waals surface area contributed by atoms with Gasteiger partial charge in [0.15, 0.2) is 5.78 Å². The van der Waals surface area contributed by atoms with Gasteiger partial charge in [0.05, 0.1) is 6.04 Å². The standard InChI is InChI=1S/C25H21F3N2O4/c26-25(27,28)24(33)20(22(31)18-9-5-2-6-10-18)21(29-23(32)30-24)17-11-13-19(14-12-17)34-15-16-7-3-1-4-8-16/h1-14,20-21,33H,15H2,(H2,29,30,32)/t20-,21+,24-/m0/s1. The van der Waals surface area contributed by atoms with Gasteiger partial charge in [-0.1, -0.05) is 72.8 Å². The molecule has 2 amide bonds. The van der Waals surface area contributed by atoms with Crippen LogP contribution in [0.5, 0.6) is 5.75 Å². The molecule has 34 heavy (non-hydrogen) atoms. The van der Waals surface area contributed by atoms with Gasteiger partial charge in [-0.3, -0.25) is 4.79 Å². The highest BCUT2D eigenvalue weighted by Gasteiger charge is 2.66. The van der Waals surface area contributed by atoms with Crippen molar-refractivity contribution >= 4 is 11.8 Å². The maximum absolute atomic E-state index is 14.0. The fourth-order valence-corrected chi connectivity index (χ4v) is 3.91. The molecule has 0 unspecified atom stereocenters. The average Bonchev–Trinajstić information content (AvgIpc) is 2.83. The molecule has 3 atom stereocenters. The fourth-order valence-electron chi connectivity index (χ4n) is 3.91. The molecule has 6 nitrogen and oxygen atoms in total. The summed E-state index contributed by atoms with van der Waals surface area (Å²) in [6, 6.07) is 20.0. The number of aliphatic hydroxyl groups is 1. The van der Waals surface area contributed by atoms with Gasteiger partial charge in [-0.05, 0) is 23.3 Å². The molecule has 3 aromatic carbocycles. The lowest BCUT2D eigenvalue weighted by atomic mass is 9.77. The Morgan fingerprint density at radius 1 is 0.941 bits per heavy atom. The Labute approximate surface area is 193 Å². The van der Waals surface area contributed by atoms with Gasteiger partial charge in [0.25, 0.3) is 0 Å². The molecule has 0 bridgehead atoms. The summed E-state index contributed by atoms with van der Waals surface area (Å²) in [5.74, 6) is -2.60. The van der Waals surface area contributed by atoms with E-state index in [0.29, 0.717) is 5.75 Å². The molecular weight excluding hydrogens is 449 g/mol. The van der Waals surface area contributed by atoms with Crippen molar-refractivity contribution in [3.8, 4) is 5.75 Å². The lowest BCUT2D eigenvalue weighted by molar-refractivity contribution is -0.287. The summed E-state index contributed by atoms with van der Waals surface area (Å²) in [4.78, 5) is 25.3. The van der Waals surface area contributed by atoms with Gasteiger partial charge in [-0.2, -0.15) is 13.2 Å². The van der Waals surface area contributed by atoms with E-state index in [4.69, 9.17) is 4.74 Å². The summed E-state index contributed by atoms with van der Waals surface area (Å²) in [5.41, 5.74) is -2.66. The second kappa shape index (κ2) is 9.18. The average molecular weight is 470 g/mol. The summed E-state index contributed by atoms with van der Waals surface area (Å²) in [6.45, 7) is 0.285. The van der Waals surface area contributed by atoms with E-state index in [9.17, 15) is 27.9 Å². The fraction of sp³-hybridized carbons (Fsp3) is 0.200. The number of hydrogen-bond acceptors (Lipinski definition) is 4. The second-order valence-corrected chi connectivity index (χ2v) is 7.89. The van der Waals surface area contributed by atoms with Gasteiger partial charge >= 0.3 is 12.2 Å². The number of halogens is 3. The number of ketones is 1. The monoisotopic (exact) mass is 470 g/mol. The van der Waals surface area contributed by atoms with E-state index in [-0.39, 0.29) is 17.7 Å². The van der Waals surface area contributed by atoms with Gasteiger partial charge in [0.1, 0.15) is 18.3 Å². The number of carbonyl (C=O) groups is 2. The van der Waals surface area contributed by atoms with Gasteiger partial charge in [-0.25, -0.2) is 4.79 Å². The Balaban J connectivity index is 1.66. The first-order valence-electron chi connectivity index (χ1n) is 10.4. The molecule has 4 rings (SSSR count). The van der Waals surface area contributed by atoms with Crippen LogP contribution in [-0.2, 0) is 6.61 Å². The number of nitrogens with one attached hydrogen (secondary N) is 2. The van der Waals surface area contributed by atoms with Crippen LogP contribution < -0.4 is 15.4 Å². The predicted molar refractivity (Wildman–Crippen MR) is 117 cm³/mol. The molecule has 0 spiro atoms. The first-order chi connectivity index (χ1) is 16.2. The first-order valence-corrected chi connectivity index (χ1v) is 10.4. The molecule has 3 aromatic rings. The minimum atomic E-state index is -5.31. The second-order valence-electron chi connectivity index (χ2n) is 7.89. The predicted octanol–water partition coefficient (Wildman–Crippen LogP) is 4.37. The highest BCUT2D eigenvalue weighted by atomic mass is 19.4. The van der Waals surface area contributed by atoms with E-state index >= 15 is 0 Å². The van der Waals surface area contributed by atoms with E-state index in [1.165, 1.54) is 53.8 Å². The normalized spacial score (nSPS) is 22.4. The Morgan fingerprint density at radius 3 is 2.12 bits per heavy atom. The van der Waals surface area contributed by atoms with Crippen molar-refractivity contribution in [2.45, 2.75) is 24.6 Å². The van der Waals surface area contributed by atoms with Crippen molar-refractivity contribution in [2.75, 3.05) is 0 Å². The van der Waals surface area contributed by atoms with Crippen LogP contribution in [0.2, 0.25) is 0 Å². The molecule has 9 heteroatoms. The Kier molecular flexibility index (Phi) is 6.30. The molecule has 0 aromatic heterocycles. The van der Waals surface area contributed by atoms with Crippen molar-refractivity contribution in [2.24, 2.45) is 5.92 Å². The topological polar surface area (TPSA) is 87.7 Å². The molecule has 0 radical (unpaired) electrons. The third-order valence-electron chi connectivity index (χ3n) is 5.63. The zero-order chi connectivity index (χ0) is 24.3. The van der Waals surface area contributed by atoms with Crippen molar-refractivity contribution in [1.29, 1.82) is 0 Å². The van der Waals surface area contributed by atoms with Crippen molar-refractivity contribution in [1.82, 2.24) is 10.6 Å². The summed E-state index contributed by atoms with van der Waals surface area (Å²) < 4.78 is 47.6. The van der Waals surface area contributed by atoms with E-state index in [1.807, 2.05) is 30.3 Å². The van der Waals surface area contributed by atoms with Gasteiger partial charge < -0.3 is 20.5 Å². The van der Waals surface area contributed by atoms with Crippen molar-refractivity contribution in [3.05, 3.63) is 102 Å². The van der Waals surface area contributed by atoms with Crippen LogP contribution in [0.3, 0.4) is 0 Å². The Bertz CT molecular complexity index is 1150. The smallest absolute Gasteiger partial charge is 0.437 e. The summed E-state index contributed by atoms with van der Waals surface area (Å²) in [7, 11) is 0. The van der Waals surface area contributed by atoms with E-state index in [2.05, 4.69) is 5.32 Å². The lowest BCUT2D eigenvalue weighted by Gasteiger charge is -2.45. The molecule has 1 aliphatic rings. The summed E-state index contributed by atoms with van der Waals surface area (Å²) >= 11 is 0. The van der Waals surface area contributed by atoms with E-state index in [0.717, 1.165) is 5.56 Å². The number of benzene rings is 3. The van der Waals surface area contributed by atoms with Crippen LogP contribution in [0.15, 0.2) is 84.9 Å². The minimum absolute atomic E-state index is 0.0269. The van der Waals surface area contributed by atoms with Crippen LogP contribution in [-0.4, -0.2) is 28.8 Å². The van der Waals surface area contributed by atoms with Crippen molar-refractivity contribution in [3.63, 3.8) is 0 Å². The highest BCUT2D eigenvalue weighted by molar-refractivity contribution is 6.00. The number of urea groups is 1. The van der Waals surface area contributed by atoms with Crippen molar-refractivity contribution < 1.29 is 32.6 Å². The van der Waals surface area contributed by atoms with Crippen LogP contribution >= 0.6 is 0 Å². The molecule has 3 N–H and O–H groups in total. The third-order valence-corrected chi connectivity index (χ3v) is 5.63. The molecule has 176 valence electrons. The lowest BCUT2D eigenvalue weighted by Crippen LogP contribution is -2.72. The molecule has 1 aliphatic heterocycles. The number of hydrogen-bond donors (Lipinski definition) is 3. The van der Waals surface area contributed by atoms with Crippen LogP contribution in [0, 0.1) is 5.92 Å². The Hall–Kier alpha value is -3.85.